The number of hydrogen-bond acceptors (Lipinski definition) is 4. The van der Waals surface area contributed by atoms with Gasteiger partial charge in [0.25, 0.3) is 0 Å². The van der Waals surface area contributed by atoms with Crippen LogP contribution in [-0.4, -0.2) is 17.1 Å². The van der Waals surface area contributed by atoms with Gasteiger partial charge in [0.2, 0.25) is 0 Å². The van der Waals surface area contributed by atoms with Gasteiger partial charge in [-0.1, -0.05) is 30.4 Å². The minimum Gasteiger partial charge on any atom is -0.497 e. The summed E-state index contributed by atoms with van der Waals surface area (Å²) in [5.41, 5.74) is 12.7. The zero-order valence-electron chi connectivity index (χ0n) is 17.1. The highest BCUT2D eigenvalue weighted by Crippen LogP contribution is 2.28. The number of ether oxygens (including phenoxy) is 1. The van der Waals surface area contributed by atoms with Crippen molar-refractivity contribution in [3.8, 4) is 5.75 Å². The Morgan fingerprint density at radius 2 is 1.90 bits per heavy atom. The van der Waals surface area contributed by atoms with E-state index in [4.69, 9.17) is 10.5 Å². The molecule has 2 aromatic carbocycles. The Morgan fingerprint density at radius 1 is 1.03 bits per heavy atom. The van der Waals surface area contributed by atoms with Crippen molar-refractivity contribution in [1.29, 1.82) is 0 Å². The average molecular weight is 383 g/mol. The van der Waals surface area contributed by atoms with Crippen LogP contribution in [0.3, 0.4) is 0 Å². The van der Waals surface area contributed by atoms with Gasteiger partial charge in [0.15, 0.2) is 5.82 Å². The van der Waals surface area contributed by atoms with Crippen LogP contribution in [0.5, 0.6) is 5.75 Å². The molecular weight excluding hydrogens is 358 g/mol. The standard InChI is InChI=1S/C25H25N3O/c1-4-5-17-7-11-21-22-13-18(15-27-24(22)25(26)28-23(21)14-17)6-8-19-9-10-20(29-3)12-16(19)2/h4-5,7,9-15H,6,8H2,1-3H3,(H2,26,28)/b5-4+. The first-order chi connectivity index (χ1) is 14.1. The number of allylic oxidation sites excluding steroid dienone is 1. The van der Waals surface area contributed by atoms with E-state index in [-0.39, 0.29) is 0 Å². The number of aryl methyl sites for hydroxylation is 3. The first-order valence-electron chi connectivity index (χ1n) is 9.83. The van der Waals surface area contributed by atoms with Crippen LogP contribution >= 0.6 is 0 Å². The van der Waals surface area contributed by atoms with Gasteiger partial charge in [0, 0.05) is 17.0 Å². The SMILES string of the molecule is C/C=C/c1ccc2c(c1)nc(N)c1ncc(CCc3ccc(OC)cc3C)cc12. The molecule has 2 N–H and O–H groups in total. The van der Waals surface area contributed by atoms with E-state index >= 15 is 0 Å². The minimum atomic E-state index is 0.475. The van der Waals surface area contributed by atoms with Crippen LogP contribution in [-0.2, 0) is 12.8 Å². The molecular formula is C25H25N3O. The van der Waals surface area contributed by atoms with Crippen molar-refractivity contribution in [1.82, 2.24) is 9.97 Å². The molecule has 0 saturated heterocycles. The minimum absolute atomic E-state index is 0.475. The van der Waals surface area contributed by atoms with Crippen molar-refractivity contribution < 1.29 is 4.74 Å². The van der Waals surface area contributed by atoms with E-state index in [0.29, 0.717) is 5.82 Å². The summed E-state index contributed by atoms with van der Waals surface area (Å²) in [6, 6.07) is 14.7. The molecule has 0 atom stereocenters. The van der Waals surface area contributed by atoms with Crippen molar-refractivity contribution in [3.63, 3.8) is 0 Å². The summed E-state index contributed by atoms with van der Waals surface area (Å²) in [5, 5.41) is 2.14. The molecule has 2 heterocycles. The van der Waals surface area contributed by atoms with E-state index in [0.717, 1.165) is 46.0 Å². The van der Waals surface area contributed by atoms with Crippen molar-refractivity contribution in [3.05, 3.63) is 77.0 Å². The first kappa shape index (κ1) is 18.9. The molecule has 0 fully saturated rings. The van der Waals surface area contributed by atoms with Gasteiger partial charge >= 0.3 is 0 Å². The zero-order chi connectivity index (χ0) is 20.4. The Morgan fingerprint density at radius 3 is 2.66 bits per heavy atom. The lowest BCUT2D eigenvalue weighted by Gasteiger charge is -2.10. The summed E-state index contributed by atoms with van der Waals surface area (Å²) in [6.45, 7) is 4.13. The molecule has 0 aliphatic heterocycles. The van der Waals surface area contributed by atoms with Gasteiger partial charge in [-0.15, -0.1) is 0 Å². The van der Waals surface area contributed by atoms with E-state index in [1.54, 1.807) is 7.11 Å². The maximum atomic E-state index is 6.21. The van der Waals surface area contributed by atoms with Gasteiger partial charge in [-0.2, -0.15) is 0 Å². The summed E-state index contributed by atoms with van der Waals surface area (Å²) >= 11 is 0. The third-order valence-corrected chi connectivity index (χ3v) is 5.33. The highest BCUT2D eigenvalue weighted by molar-refractivity contribution is 6.08. The van der Waals surface area contributed by atoms with Crippen LogP contribution in [0.4, 0.5) is 5.82 Å². The van der Waals surface area contributed by atoms with Crippen molar-refractivity contribution in [2.45, 2.75) is 26.7 Å². The van der Waals surface area contributed by atoms with Crippen molar-refractivity contribution in [2.24, 2.45) is 0 Å². The molecule has 0 amide bonds. The van der Waals surface area contributed by atoms with Gasteiger partial charge in [-0.3, -0.25) is 4.98 Å². The molecule has 4 rings (SSSR count). The van der Waals surface area contributed by atoms with Gasteiger partial charge in [-0.05, 0) is 73.2 Å². The molecule has 4 aromatic rings. The summed E-state index contributed by atoms with van der Waals surface area (Å²) in [4.78, 5) is 9.20. The molecule has 4 heteroatoms. The molecule has 4 nitrogen and oxygen atoms in total. The number of benzene rings is 2. The Labute approximate surface area is 171 Å². The van der Waals surface area contributed by atoms with Crippen LogP contribution in [0.25, 0.3) is 27.9 Å². The van der Waals surface area contributed by atoms with Gasteiger partial charge < -0.3 is 10.5 Å². The number of nitrogens with zero attached hydrogens (tertiary/aromatic N) is 2. The second-order valence-corrected chi connectivity index (χ2v) is 7.31. The van der Waals surface area contributed by atoms with E-state index in [1.807, 2.05) is 25.3 Å². The predicted molar refractivity (Wildman–Crippen MR) is 121 cm³/mol. The van der Waals surface area contributed by atoms with E-state index < -0.39 is 0 Å². The summed E-state index contributed by atoms with van der Waals surface area (Å²) in [7, 11) is 1.70. The number of nitrogen functional groups attached to an aromatic ring is 1. The number of pyridine rings is 2. The fraction of sp³-hybridized carbons (Fsp3) is 0.200. The third kappa shape index (κ3) is 3.79. The van der Waals surface area contributed by atoms with Crippen LogP contribution in [0.2, 0.25) is 0 Å². The lowest BCUT2D eigenvalue weighted by Crippen LogP contribution is -1.99. The zero-order valence-corrected chi connectivity index (χ0v) is 17.1. The van der Waals surface area contributed by atoms with Crippen LogP contribution in [0.15, 0.2) is 54.7 Å². The Hall–Kier alpha value is -3.40. The van der Waals surface area contributed by atoms with E-state index in [1.165, 1.54) is 16.7 Å². The molecule has 0 unspecified atom stereocenters. The Balaban J connectivity index is 1.70. The van der Waals surface area contributed by atoms with Crippen molar-refractivity contribution >= 4 is 33.7 Å². The Kier molecular flexibility index (Phi) is 5.17. The maximum Gasteiger partial charge on any atom is 0.150 e. The highest BCUT2D eigenvalue weighted by atomic mass is 16.5. The van der Waals surface area contributed by atoms with E-state index in [2.05, 4.69) is 59.4 Å². The number of fused-ring (bicyclic) bond motifs is 3. The molecule has 0 spiro atoms. The van der Waals surface area contributed by atoms with E-state index in [9.17, 15) is 0 Å². The number of anilines is 1. The topological polar surface area (TPSA) is 61.0 Å². The second-order valence-electron chi connectivity index (χ2n) is 7.31. The Bertz CT molecular complexity index is 1230. The smallest absolute Gasteiger partial charge is 0.150 e. The van der Waals surface area contributed by atoms with Gasteiger partial charge in [-0.25, -0.2) is 4.98 Å². The molecule has 2 aromatic heterocycles. The van der Waals surface area contributed by atoms with Crippen LogP contribution in [0, 0.1) is 6.92 Å². The number of aromatic nitrogens is 2. The highest BCUT2D eigenvalue weighted by Gasteiger charge is 2.10. The quantitative estimate of drug-likeness (QED) is 0.462. The lowest BCUT2D eigenvalue weighted by molar-refractivity contribution is 0.414. The lowest BCUT2D eigenvalue weighted by atomic mass is 9.99. The number of rotatable bonds is 5. The van der Waals surface area contributed by atoms with Gasteiger partial charge in [0.1, 0.15) is 11.3 Å². The van der Waals surface area contributed by atoms with Crippen LogP contribution in [0.1, 0.15) is 29.2 Å². The summed E-state index contributed by atoms with van der Waals surface area (Å²) in [5.74, 6) is 1.37. The molecule has 0 saturated carbocycles. The summed E-state index contributed by atoms with van der Waals surface area (Å²) < 4.78 is 5.30. The summed E-state index contributed by atoms with van der Waals surface area (Å²) in [6.07, 6.45) is 7.86. The number of hydrogen-bond donors (Lipinski definition) is 1. The third-order valence-electron chi connectivity index (χ3n) is 5.33. The number of methoxy groups -OCH3 is 1. The molecule has 0 aliphatic carbocycles. The molecule has 0 radical (unpaired) electrons. The molecule has 29 heavy (non-hydrogen) atoms. The molecule has 0 aliphatic rings. The predicted octanol–water partition coefficient (Wildman–Crippen LogP) is 5.50. The fourth-order valence-electron chi connectivity index (χ4n) is 3.76. The monoisotopic (exact) mass is 383 g/mol. The van der Waals surface area contributed by atoms with Crippen molar-refractivity contribution in [2.75, 3.05) is 12.8 Å². The largest absolute Gasteiger partial charge is 0.497 e. The van der Waals surface area contributed by atoms with Crippen LogP contribution < -0.4 is 10.5 Å². The number of nitrogens with two attached hydrogens (primary N) is 1. The molecule has 146 valence electrons. The maximum absolute atomic E-state index is 6.21. The first-order valence-corrected chi connectivity index (χ1v) is 9.83. The second kappa shape index (κ2) is 7.92. The molecule has 0 bridgehead atoms. The van der Waals surface area contributed by atoms with Gasteiger partial charge in [0.05, 0.1) is 12.6 Å². The normalized spacial score (nSPS) is 11.6. The fourth-order valence-corrected chi connectivity index (χ4v) is 3.76. The average Bonchev–Trinajstić information content (AvgIpc) is 2.73.